The number of thiocarbonyl (C=S) groups is 1. The average molecular weight is 236 g/mol. The number of aryl methyl sites for hydroxylation is 2. The highest BCUT2D eigenvalue weighted by Gasteiger charge is 2.08. The Labute approximate surface area is 103 Å². The second-order valence-electron chi connectivity index (χ2n) is 4.22. The molecule has 0 aliphatic rings. The summed E-state index contributed by atoms with van der Waals surface area (Å²) < 4.78 is 0. The van der Waals surface area contributed by atoms with E-state index in [1.165, 1.54) is 16.7 Å². The van der Waals surface area contributed by atoms with Gasteiger partial charge in [0.05, 0.1) is 0 Å². The minimum absolute atomic E-state index is 0.464. The van der Waals surface area contributed by atoms with Gasteiger partial charge in [0.25, 0.3) is 0 Å². The minimum Gasteiger partial charge on any atom is -0.366 e. The SMILES string of the molecule is CNC(=S)NCC(C)c1cc(C)ccc1C. The van der Waals surface area contributed by atoms with Gasteiger partial charge in [-0.25, -0.2) is 0 Å². The Morgan fingerprint density at radius 2 is 2.06 bits per heavy atom. The van der Waals surface area contributed by atoms with Gasteiger partial charge in [0.2, 0.25) is 0 Å². The first-order valence-electron chi connectivity index (χ1n) is 5.57. The molecule has 0 radical (unpaired) electrons. The molecular weight excluding hydrogens is 216 g/mol. The molecule has 0 saturated carbocycles. The van der Waals surface area contributed by atoms with Gasteiger partial charge in [0.1, 0.15) is 0 Å². The third-order valence-electron chi connectivity index (χ3n) is 2.76. The standard InChI is InChI=1S/C13H20N2S/c1-9-5-6-10(2)12(7-9)11(3)8-15-13(16)14-4/h5-7,11H,8H2,1-4H3,(H2,14,15,16). The molecule has 1 aromatic rings. The molecule has 0 aliphatic heterocycles. The zero-order valence-electron chi connectivity index (χ0n) is 10.4. The van der Waals surface area contributed by atoms with E-state index in [1.54, 1.807) is 0 Å². The summed E-state index contributed by atoms with van der Waals surface area (Å²) in [6.07, 6.45) is 0. The van der Waals surface area contributed by atoms with Crippen molar-refractivity contribution in [3.8, 4) is 0 Å². The summed E-state index contributed by atoms with van der Waals surface area (Å²) in [5.41, 5.74) is 4.05. The van der Waals surface area contributed by atoms with Gasteiger partial charge in [-0.2, -0.15) is 0 Å². The molecule has 3 heteroatoms. The quantitative estimate of drug-likeness (QED) is 0.789. The van der Waals surface area contributed by atoms with Crippen molar-refractivity contribution in [3.05, 3.63) is 34.9 Å². The third-order valence-corrected chi connectivity index (χ3v) is 3.11. The lowest BCUT2D eigenvalue weighted by molar-refractivity contribution is 0.710. The summed E-state index contributed by atoms with van der Waals surface area (Å²) in [4.78, 5) is 0. The third kappa shape index (κ3) is 3.49. The van der Waals surface area contributed by atoms with Crippen LogP contribution >= 0.6 is 12.2 Å². The van der Waals surface area contributed by atoms with Crippen LogP contribution in [0.1, 0.15) is 29.5 Å². The topological polar surface area (TPSA) is 24.1 Å². The second-order valence-corrected chi connectivity index (χ2v) is 4.63. The van der Waals surface area contributed by atoms with E-state index < -0.39 is 0 Å². The second kappa shape index (κ2) is 5.85. The van der Waals surface area contributed by atoms with E-state index >= 15 is 0 Å². The van der Waals surface area contributed by atoms with Crippen molar-refractivity contribution in [1.29, 1.82) is 0 Å². The van der Waals surface area contributed by atoms with Crippen molar-refractivity contribution < 1.29 is 0 Å². The number of hydrogen-bond donors (Lipinski definition) is 2. The summed E-state index contributed by atoms with van der Waals surface area (Å²) in [7, 11) is 1.83. The van der Waals surface area contributed by atoms with Crippen molar-refractivity contribution in [3.63, 3.8) is 0 Å². The van der Waals surface area contributed by atoms with Crippen LogP contribution in [0.25, 0.3) is 0 Å². The van der Waals surface area contributed by atoms with Crippen LogP contribution in [0, 0.1) is 13.8 Å². The fourth-order valence-electron chi connectivity index (χ4n) is 1.73. The van der Waals surface area contributed by atoms with Crippen LogP contribution in [0.3, 0.4) is 0 Å². The molecule has 1 aromatic carbocycles. The summed E-state index contributed by atoms with van der Waals surface area (Å²) in [5, 5.41) is 6.82. The van der Waals surface area contributed by atoms with Crippen molar-refractivity contribution in [2.75, 3.05) is 13.6 Å². The molecule has 0 aliphatic carbocycles. The molecule has 2 N–H and O–H groups in total. The highest BCUT2D eigenvalue weighted by molar-refractivity contribution is 7.80. The van der Waals surface area contributed by atoms with Gasteiger partial charge in [-0.15, -0.1) is 0 Å². The van der Waals surface area contributed by atoms with Crippen LogP contribution in [0.5, 0.6) is 0 Å². The molecule has 0 aromatic heterocycles. The summed E-state index contributed by atoms with van der Waals surface area (Å²) in [6.45, 7) is 7.36. The first-order chi connectivity index (χ1) is 7.54. The molecule has 0 spiro atoms. The van der Waals surface area contributed by atoms with Crippen LogP contribution in [0.2, 0.25) is 0 Å². The van der Waals surface area contributed by atoms with E-state index in [0.717, 1.165) is 6.54 Å². The van der Waals surface area contributed by atoms with Gasteiger partial charge in [-0.3, -0.25) is 0 Å². The Morgan fingerprint density at radius 1 is 1.38 bits per heavy atom. The molecule has 2 nitrogen and oxygen atoms in total. The molecule has 16 heavy (non-hydrogen) atoms. The lowest BCUT2D eigenvalue weighted by atomic mass is 9.95. The molecule has 1 atom stereocenters. The van der Waals surface area contributed by atoms with Crippen LogP contribution in [-0.4, -0.2) is 18.7 Å². The van der Waals surface area contributed by atoms with Crippen LogP contribution in [-0.2, 0) is 0 Å². The molecule has 0 bridgehead atoms. The average Bonchev–Trinajstić information content (AvgIpc) is 2.28. The van der Waals surface area contributed by atoms with Gasteiger partial charge in [0, 0.05) is 13.6 Å². The number of nitrogens with one attached hydrogen (secondary N) is 2. The Morgan fingerprint density at radius 3 is 2.69 bits per heavy atom. The van der Waals surface area contributed by atoms with Crippen LogP contribution in [0.4, 0.5) is 0 Å². The highest BCUT2D eigenvalue weighted by atomic mass is 32.1. The molecular formula is C13H20N2S. The zero-order valence-corrected chi connectivity index (χ0v) is 11.2. The summed E-state index contributed by atoms with van der Waals surface area (Å²) in [6, 6.07) is 6.58. The summed E-state index contributed by atoms with van der Waals surface area (Å²) in [5.74, 6) is 0.464. The van der Waals surface area contributed by atoms with E-state index in [-0.39, 0.29) is 0 Å². The lowest BCUT2D eigenvalue weighted by Crippen LogP contribution is -2.34. The first-order valence-corrected chi connectivity index (χ1v) is 5.98. The van der Waals surface area contributed by atoms with Gasteiger partial charge >= 0.3 is 0 Å². The number of hydrogen-bond acceptors (Lipinski definition) is 1. The van der Waals surface area contributed by atoms with Gasteiger partial charge in [-0.1, -0.05) is 30.7 Å². The number of rotatable bonds is 3. The minimum atomic E-state index is 0.464. The predicted molar refractivity (Wildman–Crippen MR) is 74.0 cm³/mol. The fraction of sp³-hybridized carbons (Fsp3) is 0.462. The maximum Gasteiger partial charge on any atom is 0.166 e. The number of benzene rings is 1. The monoisotopic (exact) mass is 236 g/mol. The largest absolute Gasteiger partial charge is 0.366 e. The lowest BCUT2D eigenvalue weighted by Gasteiger charge is -2.17. The normalized spacial score (nSPS) is 12.0. The molecule has 88 valence electrons. The maximum atomic E-state index is 5.06. The molecule has 0 fully saturated rings. The maximum absolute atomic E-state index is 5.06. The zero-order chi connectivity index (χ0) is 12.1. The predicted octanol–water partition coefficient (Wildman–Crippen LogP) is 2.50. The van der Waals surface area contributed by atoms with Crippen molar-refractivity contribution in [1.82, 2.24) is 10.6 Å². The van der Waals surface area contributed by atoms with Crippen molar-refractivity contribution >= 4 is 17.3 Å². The first kappa shape index (κ1) is 13.0. The molecule has 0 saturated heterocycles. The molecule has 1 unspecified atom stereocenters. The van der Waals surface area contributed by atoms with E-state index in [9.17, 15) is 0 Å². The van der Waals surface area contributed by atoms with Gasteiger partial charge in [-0.05, 0) is 43.1 Å². The fourth-order valence-corrected chi connectivity index (χ4v) is 1.82. The van der Waals surface area contributed by atoms with E-state index in [4.69, 9.17) is 12.2 Å². The Bertz CT molecular complexity index is 374. The van der Waals surface area contributed by atoms with Crippen LogP contribution in [0.15, 0.2) is 18.2 Å². The highest BCUT2D eigenvalue weighted by Crippen LogP contribution is 2.20. The summed E-state index contributed by atoms with van der Waals surface area (Å²) >= 11 is 5.06. The van der Waals surface area contributed by atoms with E-state index in [0.29, 0.717) is 11.0 Å². The van der Waals surface area contributed by atoms with Crippen molar-refractivity contribution in [2.45, 2.75) is 26.7 Å². The Balaban J connectivity index is 2.68. The Kier molecular flexibility index (Phi) is 4.74. The van der Waals surface area contributed by atoms with Crippen LogP contribution < -0.4 is 10.6 Å². The molecule has 1 rings (SSSR count). The Hall–Kier alpha value is -1.09. The van der Waals surface area contributed by atoms with Gasteiger partial charge < -0.3 is 10.6 Å². The molecule has 0 amide bonds. The van der Waals surface area contributed by atoms with E-state index in [1.807, 2.05) is 7.05 Å². The molecule has 0 heterocycles. The van der Waals surface area contributed by atoms with Gasteiger partial charge in [0.15, 0.2) is 5.11 Å². The van der Waals surface area contributed by atoms with Crippen molar-refractivity contribution in [2.24, 2.45) is 0 Å². The smallest absolute Gasteiger partial charge is 0.166 e. The van der Waals surface area contributed by atoms with E-state index in [2.05, 4.69) is 49.6 Å².